The maximum absolute atomic E-state index is 10.2. The van der Waals surface area contributed by atoms with Gasteiger partial charge >= 0.3 is 0 Å². The number of nitrogens with zero attached hydrogens (tertiary/aromatic N) is 1. The summed E-state index contributed by atoms with van der Waals surface area (Å²) in [6, 6.07) is 0. The van der Waals surface area contributed by atoms with Gasteiger partial charge < -0.3 is 4.74 Å². The van der Waals surface area contributed by atoms with Crippen molar-refractivity contribution in [1.82, 2.24) is 0 Å². The van der Waals surface area contributed by atoms with Crippen molar-refractivity contribution in [3.63, 3.8) is 0 Å². The lowest BCUT2D eigenvalue weighted by Crippen LogP contribution is -2.34. The van der Waals surface area contributed by atoms with Gasteiger partial charge in [0.1, 0.15) is 0 Å². The van der Waals surface area contributed by atoms with E-state index < -0.39 is 0 Å². The third-order valence-corrected chi connectivity index (χ3v) is 2.48. The minimum atomic E-state index is -0.241. The summed E-state index contributed by atoms with van der Waals surface area (Å²) in [5, 5.41) is 0. The lowest BCUT2D eigenvalue weighted by atomic mass is 9.83. The number of isocyanates is 1. The van der Waals surface area contributed by atoms with Gasteiger partial charge in [-0.05, 0) is 12.8 Å². The normalized spacial score (nSPS) is 21.4. The monoisotopic (exact) mass is 169 g/mol. The van der Waals surface area contributed by atoms with Gasteiger partial charge in [0, 0.05) is 7.11 Å². The zero-order valence-corrected chi connectivity index (χ0v) is 7.51. The average molecular weight is 169 g/mol. The fourth-order valence-electron chi connectivity index (χ4n) is 1.86. The van der Waals surface area contributed by atoms with Crippen LogP contribution in [0, 0.1) is 0 Å². The largest absolute Gasteiger partial charge is 0.382 e. The van der Waals surface area contributed by atoms with Gasteiger partial charge in [-0.25, -0.2) is 4.79 Å². The molecular weight excluding hydrogens is 154 g/mol. The molecule has 0 aliphatic heterocycles. The zero-order chi connectivity index (χ0) is 8.86. The van der Waals surface area contributed by atoms with E-state index in [1.165, 1.54) is 6.42 Å². The Kier molecular flexibility index (Phi) is 3.45. The van der Waals surface area contributed by atoms with Crippen molar-refractivity contribution in [3.8, 4) is 0 Å². The molecule has 1 aliphatic rings. The van der Waals surface area contributed by atoms with Crippen molar-refractivity contribution in [3.05, 3.63) is 0 Å². The lowest BCUT2D eigenvalue weighted by molar-refractivity contribution is 0.109. The SMILES string of the molecule is COCC1(N=C=O)CCCCC1. The Hall–Kier alpha value is -0.660. The number of hydrogen-bond acceptors (Lipinski definition) is 3. The van der Waals surface area contributed by atoms with E-state index in [1.54, 1.807) is 13.2 Å². The Morgan fingerprint density at radius 2 is 2.08 bits per heavy atom. The summed E-state index contributed by atoms with van der Waals surface area (Å²) in [7, 11) is 1.65. The van der Waals surface area contributed by atoms with Crippen molar-refractivity contribution in [2.24, 2.45) is 4.99 Å². The van der Waals surface area contributed by atoms with E-state index in [0.717, 1.165) is 25.7 Å². The van der Waals surface area contributed by atoms with Crippen LogP contribution in [0.1, 0.15) is 32.1 Å². The van der Waals surface area contributed by atoms with Crippen molar-refractivity contribution >= 4 is 6.08 Å². The van der Waals surface area contributed by atoms with Crippen LogP contribution in [0.25, 0.3) is 0 Å². The quantitative estimate of drug-likeness (QED) is 0.476. The summed E-state index contributed by atoms with van der Waals surface area (Å²) in [5.74, 6) is 0. The molecule has 0 bridgehead atoms. The van der Waals surface area contributed by atoms with Gasteiger partial charge in [0.25, 0.3) is 0 Å². The molecule has 0 heterocycles. The molecule has 0 aromatic carbocycles. The molecule has 0 aromatic heterocycles. The molecule has 1 rings (SSSR count). The van der Waals surface area contributed by atoms with Crippen LogP contribution >= 0.6 is 0 Å². The first kappa shape index (κ1) is 9.43. The first-order valence-electron chi connectivity index (χ1n) is 4.41. The van der Waals surface area contributed by atoms with E-state index in [0.29, 0.717) is 6.61 Å². The van der Waals surface area contributed by atoms with Crippen molar-refractivity contribution < 1.29 is 9.53 Å². The number of carbonyl (C=O) groups excluding carboxylic acids is 1. The Bertz CT molecular complexity index is 173. The highest BCUT2D eigenvalue weighted by Crippen LogP contribution is 2.31. The molecule has 1 saturated carbocycles. The molecule has 1 fully saturated rings. The summed E-state index contributed by atoms with van der Waals surface area (Å²) >= 11 is 0. The number of ether oxygens (including phenoxy) is 1. The second-order valence-electron chi connectivity index (χ2n) is 3.42. The van der Waals surface area contributed by atoms with Crippen LogP contribution in [-0.4, -0.2) is 25.3 Å². The second-order valence-corrected chi connectivity index (χ2v) is 3.42. The van der Waals surface area contributed by atoms with Crippen LogP contribution in [0.5, 0.6) is 0 Å². The third kappa shape index (κ3) is 2.16. The number of rotatable bonds is 3. The van der Waals surface area contributed by atoms with Gasteiger partial charge in [0.05, 0.1) is 12.1 Å². The Labute approximate surface area is 72.8 Å². The van der Waals surface area contributed by atoms with Gasteiger partial charge in [0.2, 0.25) is 6.08 Å². The summed E-state index contributed by atoms with van der Waals surface area (Å²) < 4.78 is 5.06. The highest BCUT2D eigenvalue weighted by Gasteiger charge is 2.31. The summed E-state index contributed by atoms with van der Waals surface area (Å²) in [5.41, 5.74) is -0.241. The van der Waals surface area contributed by atoms with Gasteiger partial charge in [-0.1, -0.05) is 19.3 Å². The molecule has 0 aromatic rings. The molecule has 68 valence electrons. The van der Waals surface area contributed by atoms with Crippen LogP contribution in [0.2, 0.25) is 0 Å². The molecule has 0 saturated heterocycles. The van der Waals surface area contributed by atoms with Crippen LogP contribution in [-0.2, 0) is 9.53 Å². The van der Waals surface area contributed by atoms with Crippen LogP contribution < -0.4 is 0 Å². The van der Waals surface area contributed by atoms with Crippen LogP contribution in [0.3, 0.4) is 0 Å². The molecule has 0 atom stereocenters. The highest BCUT2D eigenvalue weighted by molar-refractivity contribution is 5.35. The van der Waals surface area contributed by atoms with E-state index in [-0.39, 0.29) is 5.54 Å². The van der Waals surface area contributed by atoms with Gasteiger partial charge in [-0.3, -0.25) is 0 Å². The van der Waals surface area contributed by atoms with Crippen molar-refractivity contribution in [2.75, 3.05) is 13.7 Å². The first-order chi connectivity index (χ1) is 5.83. The maximum atomic E-state index is 10.2. The third-order valence-electron chi connectivity index (χ3n) is 2.48. The second kappa shape index (κ2) is 4.39. The molecule has 1 aliphatic carbocycles. The van der Waals surface area contributed by atoms with Crippen LogP contribution in [0.15, 0.2) is 4.99 Å². The predicted molar refractivity (Wildman–Crippen MR) is 45.8 cm³/mol. The highest BCUT2D eigenvalue weighted by atomic mass is 16.5. The van der Waals surface area contributed by atoms with E-state index in [2.05, 4.69) is 4.99 Å². The Morgan fingerprint density at radius 1 is 1.42 bits per heavy atom. The fraction of sp³-hybridized carbons (Fsp3) is 0.889. The smallest absolute Gasteiger partial charge is 0.235 e. The van der Waals surface area contributed by atoms with Gasteiger partial charge in [0.15, 0.2) is 0 Å². The maximum Gasteiger partial charge on any atom is 0.235 e. The van der Waals surface area contributed by atoms with E-state index >= 15 is 0 Å². The van der Waals surface area contributed by atoms with Crippen molar-refractivity contribution in [1.29, 1.82) is 0 Å². The van der Waals surface area contributed by atoms with Gasteiger partial charge in [-0.15, -0.1) is 0 Å². The number of aliphatic imine (C=N–C) groups is 1. The van der Waals surface area contributed by atoms with E-state index in [9.17, 15) is 4.79 Å². The standard InChI is InChI=1S/C9H15NO2/c1-12-7-9(10-8-11)5-3-2-4-6-9/h2-7H2,1H3. The average Bonchev–Trinajstić information content (AvgIpc) is 2.07. The summed E-state index contributed by atoms with van der Waals surface area (Å²) in [6.45, 7) is 0.558. The summed E-state index contributed by atoms with van der Waals surface area (Å²) in [4.78, 5) is 14.1. The first-order valence-corrected chi connectivity index (χ1v) is 4.41. The number of methoxy groups -OCH3 is 1. The summed E-state index contributed by atoms with van der Waals surface area (Å²) in [6.07, 6.45) is 7.14. The molecule has 0 N–H and O–H groups in total. The van der Waals surface area contributed by atoms with Crippen molar-refractivity contribution in [2.45, 2.75) is 37.6 Å². The molecule has 0 amide bonds. The molecule has 3 nitrogen and oxygen atoms in total. The minimum absolute atomic E-state index is 0.241. The zero-order valence-electron chi connectivity index (χ0n) is 7.51. The van der Waals surface area contributed by atoms with E-state index in [1.807, 2.05) is 0 Å². The molecular formula is C9H15NO2. The number of hydrogen-bond donors (Lipinski definition) is 0. The van der Waals surface area contributed by atoms with E-state index in [4.69, 9.17) is 4.74 Å². The predicted octanol–water partition coefficient (Wildman–Crippen LogP) is 1.67. The Morgan fingerprint density at radius 3 is 2.58 bits per heavy atom. The molecule has 12 heavy (non-hydrogen) atoms. The molecule has 0 radical (unpaired) electrons. The van der Waals surface area contributed by atoms with Crippen LogP contribution in [0.4, 0.5) is 0 Å². The molecule has 0 unspecified atom stereocenters. The molecule has 0 spiro atoms. The Balaban J connectivity index is 2.62. The lowest BCUT2D eigenvalue weighted by Gasteiger charge is -2.30. The van der Waals surface area contributed by atoms with Gasteiger partial charge in [-0.2, -0.15) is 4.99 Å². The fourth-order valence-corrected chi connectivity index (χ4v) is 1.86. The topological polar surface area (TPSA) is 38.7 Å². The molecule has 3 heteroatoms. The minimum Gasteiger partial charge on any atom is -0.382 e.